The summed E-state index contributed by atoms with van der Waals surface area (Å²) in [6, 6.07) is 10.3. The van der Waals surface area contributed by atoms with Crippen LogP contribution in [-0.2, 0) is 4.74 Å². The van der Waals surface area contributed by atoms with Crippen LogP contribution in [0.15, 0.2) is 48.7 Å². The lowest BCUT2D eigenvalue weighted by molar-refractivity contribution is -0.183. The van der Waals surface area contributed by atoms with Crippen LogP contribution in [0, 0.1) is 0 Å². The second kappa shape index (κ2) is 12.4. The highest BCUT2D eigenvalue weighted by molar-refractivity contribution is 5.85. The van der Waals surface area contributed by atoms with E-state index in [-0.39, 0.29) is 43.0 Å². The monoisotopic (exact) mass is 572 g/mol. The van der Waals surface area contributed by atoms with Gasteiger partial charge in [0, 0.05) is 56.9 Å². The molecular weight excluding hydrogens is 544 g/mol. The fourth-order valence-corrected chi connectivity index (χ4v) is 4.60. The van der Waals surface area contributed by atoms with E-state index in [1.54, 1.807) is 23.6 Å². The summed E-state index contributed by atoms with van der Waals surface area (Å²) in [5.74, 6) is 1.03. The van der Waals surface area contributed by atoms with Crippen molar-refractivity contribution in [3.8, 4) is 17.3 Å². The fourth-order valence-electron chi connectivity index (χ4n) is 4.60. The van der Waals surface area contributed by atoms with Crippen molar-refractivity contribution in [1.29, 1.82) is 0 Å². The van der Waals surface area contributed by atoms with Crippen molar-refractivity contribution in [2.24, 2.45) is 5.73 Å². The largest absolute Gasteiger partial charge is 0.493 e. The minimum Gasteiger partial charge on any atom is -0.493 e. The van der Waals surface area contributed by atoms with Gasteiger partial charge in [0.1, 0.15) is 17.5 Å². The fraction of sp³-hybridized carbons (Fsp3) is 0.400. The van der Waals surface area contributed by atoms with E-state index in [0.29, 0.717) is 54.6 Å². The number of methoxy groups -OCH3 is 1. The normalized spacial score (nSPS) is 16.8. The Hall–Kier alpha value is -2.70. The zero-order valence-corrected chi connectivity index (χ0v) is 22.2. The summed E-state index contributed by atoms with van der Waals surface area (Å²) in [5, 5.41) is 9.27. The van der Waals surface area contributed by atoms with Crippen molar-refractivity contribution in [1.82, 2.24) is 24.5 Å². The van der Waals surface area contributed by atoms with Crippen molar-refractivity contribution in [3.63, 3.8) is 0 Å². The first kappa shape index (κ1) is 29.9. The van der Waals surface area contributed by atoms with Crippen LogP contribution in [0.1, 0.15) is 24.4 Å². The van der Waals surface area contributed by atoms with Crippen LogP contribution in [0.5, 0.6) is 5.75 Å². The van der Waals surface area contributed by atoms with Crippen molar-refractivity contribution < 1.29 is 22.6 Å². The van der Waals surface area contributed by atoms with Crippen molar-refractivity contribution >= 4 is 41.4 Å². The van der Waals surface area contributed by atoms with E-state index in [1.807, 2.05) is 24.3 Å². The molecule has 1 fully saturated rings. The Labute approximate surface area is 230 Å². The predicted octanol–water partition coefficient (Wildman–Crippen LogP) is 4.84. The molecule has 0 spiro atoms. The number of pyridine rings is 2. The summed E-state index contributed by atoms with van der Waals surface area (Å²) in [6.45, 7) is 1.61. The van der Waals surface area contributed by atoms with Crippen LogP contribution < -0.4 is 10.5 Å². The molecule has 4 aromatic rings. The molecule has 0 amide bonds. The molecule has 2 N–H and O–H groups in total. The summed E-state index contributed by atoms with van der Waals surface area (Å²) in [4.78, 5) is 6.09. The molecule has 206 valence electrons. The van der Waals surface area contributed by atoms with Gasteiger partial charge >= 0.3 is 6.18 Å². The number of likely N-dealkylation sites (tertiary alicyclic amines) is 1. The summed E-state index contributed by atoms with van der Waals surface area (Å²) >= 11 is 0. The Morgan fingerprint density at radius 3 is 2.58 bits per heavy atom. The van der Waals surface area contributed by atoms with Crippen molar-refractivity contribution in [2.75, 3.05) is 33.4 Å². The Morgan fingerprint density at radius 1 is 1.08 bits per heavy atom. The molecule has 1 aliphatic heterocycles. The average molecular weight is 573 g/mol. The summed E-state index contributed by atoms with van der Waals surface area (Å²) in [7, 11) is 1.64. The first-order valence-corrected chi connectivity index (χ1v) is 11.8. The predicted molar refractivity (Wildman–Crippen MR) is 143 cm³/mol. The Balaban J connectivity index is 0.00000200. The minimum absolute atomic E-state index is 0. The molecular formula is C25H29Cl2F3N6O2. The second-order valence-corrected chi connectivity index (χ2v) is 8.95. The van der Waals surface area contributed by atoms with Gasteiger partial charge in [-0.2, -0.15) is 13.2 Å². The van der Waals surface area contributed by atoms with E-state index in [1.165, 1.54) is 17.2 Å². The molecule has 1 unspecified atom stereocenters. The zero-order valence-electron chi connectivity index (χ0n) is 20.6. The third-order valence-corrected chi connectivity index (χ3v) is 6.33. The van der Waals surface area contributed by atoms with E-state index in [0.717, 1.165) is 11.8 Å². The summed E-state index contributed by atoms with van der Waals surface area (Å²) in [6.07, 6.45) is -1.70. The third kappa shape index (κ3) is 6.29. The van der Waals surface area contributed by atoms with Gasteiger partial charge in [-0.15, -0.1) is 35.0 Å². The number of hydrogen-bond acceptors (Lipinski definition) is 7. The van der Waals surface area contributed by atoms with Gasteiger partial charge in [0.25, 0.3) is 0 Å². The number of rotatable bonds is 8. The van der Waals surface area contributed by atoms with Gasteiger partial charge < -0.3 is 15.2 Å². The molecule has 8 nitrogen and oxygen atoms in total. The van der Waals surface area contributed by atoms with E-state index in [9.17, 15) is 13.2 Å². The molecule has 0 bridgehead atoms. The highest BCUT2D eigenvalue weighted by Gasteiger charge is 2.46. The number of alkyl halides is 3. The molecule has 2 atom stereocenters. The molecule has 0 radical (unpaired) electrons. The number of benzene rings is 1. The lowest BCUT2D eigenvalue weighted by atomic mass is 10.1. The molecule has 4 heterocycles. The molecule has 0 saturated carbocycles. The molecule has 0 aliphatic carbocycles. The molecule has 5 rings (SSSR count). The Morgan fingerprint density at radius 2 is 1.87 bits per heavy atom. The Kier molecular flexibility index (Phi) is 9.77. The number of nitrogens with two attached hydrogens (primary N) is 1. The van der Waals surface area contributed by atoms with Crippen molar-refractivity contribution in [2.45, 2.75) is 31.1 Å². The number of aromatic nitrogens is 4. The van der Waals surface area contributed by atoms with Crippen molar-refractivity contribution in [3.05, 3.63) is 54.2 Å². The molecule has 13 heteroatoms. The Bertz CT molecular complexity index is 1370. The van der Waals surface area contributed by atoms with Crippen LogP contribution in [0.2, 0.25) is 0 Å². The quantitative estimate of drug-likeness (QED) is 0.302. The van der Waals surface area contributed by atoms with E-state index in [2.05, 4.69) is 10.2 Å². The average Bonchev–Trinajstić information content (AvgIpc) is 3.46. The van der Waals surface area contributed by atoms with Gasteiger partial charge in [0.2, 0.25) is 0 Å². The molecule has 1 saturated heterocycles. The lowest BCUT2D eigenvalue weighted by Gasteiger charge is -2.30. The molecule has 1 aliphatic rings. The topological polar surface area (TPSA) is 90.8 Å². The number of fused-ring (bicyclic) bond motifs is 2. The highest BCUT2D eigenvalue weighted by Crippen LogP contribution is 2.39. The second-order valence-electron chi connectivity index (χ2n) is 8.95. The standard InChI is InChI=1S/C25H27F3N6O2.2ClH/c1-35-11-2-12-36-19-6-3-16-4-7-20(30-21(16)13-19)24-32-31-22-8-5-17(14-34(22)24)23(25(26,27)28)33-10-9-18(29)15-33;;/h3-8,13-14,18,23H,2,9-12,15,29H2,1H3;2*1H/t18?,23-;;/m1../s1. The van der Waals surface area contributed by atoms with Gasteiger partial charge in [0.15, 0.2) is 11.5 Å². The number of ether oxygens (including phenoxy) is 2. The summed E-state index contributed by atoms with van der Waals surface area (Å²) in [5.41, 5.74) is 7.62. The maximum atomic E-state index is 14.1. The first-order valence-electron chi connectivity index (χ1n) is 11.8. The smallest absolute Gasteiger partial charge is 0.408 e. The first-order chi connectivity index (χ1) is 17.3. The lowest BCUT2D eigenvalue weighted by Crippen LogP contribution is -2.38. The SMILES string of the molecule is COCCCOc1ccc2ccc(-c3nnc4ccc([C@@H](N5CCC(N)C5)C(F)(F)F)cn34)nc2c1.Cl.Cl. The van der Waals surface area contributed by atoms with Gasteiger partial charge in [-0.25, -0.2) is 4.98 Å². The molecule has 3 aromatic heterocycles. The van der Waals surface area contributed by atoms with Gasteiger partial charge in [0.05, 0.1) is 12.1 Å². The number of nitrogens with zero attached hydrogens (tertiary/aromatic N) is 5. The highest BCUT2D eigenvalue weighted by atomic mass is 35.5. The van der Waals surface area contributed by atoms with E-state index < -0.39 is 12.2 Å². The maximum absolute atomic E-state index is 14.1. The van der Waals surface area contributed by atoms with Gasteiger partial charge in [-0.05, 0) is 36.2 Å². The number of hydrogen-bond donors (Lipinski definition) is 1. The van der Waals surface area contributed by atoms with Crippen LogP contribution in [0.4, 0.5) is 13.2 Å². The van der Waals surface area contributed by atoms with Crippen LogP contribution in [0.3, 0.4) is 0 Å². The van der Waals surface area contributed by atoms with Crippen LogP contribution >= 0.6 is 24.8 Å². The molecule has 38 heavy (non-hydrogen) atoms. The van der Waals surface area contributed by atoms with Gasteiger partial charge in [-0.1, -0.05) is 12.1 Å². The van der Waals surface area contributed by atoms with Crippen LogP contribution in [-0.4, -0.2) is 70.1 Å². The molecule has 1 aromatic carbocycles. The third-order valence-electron chi connectivity index (χ3n) is 6.33. The van der Waals surface area contributed by atoms with Crippen LogP contribution in [0.25, 0.3) is 28.1 Å². The number of halogens is 5. The maximum Gasteiger partial charge on any atom is 0.408 e. The zero-order chi connectivity index (χ0) is 25.3. The van der Waals surface area contributed by atoms with E-state index >= 15 is 0 Å². The minimum atomic E-state index is -4.45. The summed E-state index contributed by atoms with van der Waals surface area (Å²) < 4.78 is 54.7. The van der Waals surface area contributed by atoms with Gasteiger partial charge in [-0.3, -0.25) is 9.30 Å². The van der Waals surface area contributed by atoms with E-state index in [4.69, 9.17) is 20.2 Å².